The highest BCUT2D eigenvalue weighted by molar-refractivity contribution is 7.89. The summed E-state index contributed by atoms with van der Waals surface area (Å²) in [4.78, 5) is 2.29. The van der Waals surface area contributed by atoms with Crippen LogP contribution in [0.2, 0.25) is 0 Å². The first-order chi connectivity index (χ1) is 10.9. The molecule has 0 spiro atoms. The second-order valence-corrected chi connectivity index (χ2v) is 6.81. The van der Waals surface area contributed by atoms with Crippen LogP contribution in [0, 0.1) is 6.92 Å². The van der Waals surface area contributed by atoms with E-state index in [2.05, 4.69) is 9.93 Å². The second kappa shape index (κ2) is 7.44. The van der Waals surface area contributed by atoms with E-state index in [4.69, 9.17) is 22.1 Å². The third-order valence-corrected chi connectivity index (χ3v) is 4.68. The van der Waals surface area contributed by atoms with Crippen LogP contribution >= 0.6 is 0 Å². The van der Waals surface area contributed by atoms with Crippen LogP contribution in [0.25, 0.3) is 0 Å². The molecule has 1 aromatic rings. The molecule has 1 heterocycles. The zero-order chi connectivity index (χ0) is 17.0. The lowest BCUT2D eigenvalue weighted by Crippen LogP contribution is -2.34. The van der Waals surface area contributed by atoms with Gasteiger partial charge in [-0.2, -0.15) is 18.4 Å². The SMILES string of the molecule is [B][C@@H]1O[C@H](COC)C(OC)/C1=N\NS(=O)(=O)c1ccc(C)cc1. The van der Waals surface area contributed by atoms with Gasteiger partial charge in [0.15, 0.2) is 0 Å². The number of benzene rings is 1. The van der Waals surface area contributed by atoms with E-state index in [9.17, 15) is 8.42 Å². The number of aryl methyl sites for hydroxylation is 1. The minimum Gasteiger partial charge on any atom is -0.382 e. The molecule has 2 radical (unpaired) electrons. The lowest BCUT2D eigenvalue weighted by molar-refractivity contribution is -0.0292. The molecule has 1 aromatic carbocycles. The van der Waals surface area contributed by atoms with Gasteiger partial charge in [-0.3, -0.25) is 0 Å². The van der Waals surface area contributed by atoms with Crippen LogP contribution in [-0.2, 0) is 24.2 Å². The lowest BCUT2D eigenvalue weighted by Gasteiger charge is -2.16. The molecule has 124 valence electrons. The number of nitrogens with one attached hydrogen (secondary N) is 1. The third kappa shape index (κ3) is 4.11. The molecule has 0 aliphatic carbocycles. The molecule has 1 aliphatic rings. The predicted octanol–water partition coefficient (Wildman–Crippen LogP) is 0.184. The molecule has 0 amide bonds. The fraction of sp³-hybridized carbons (Fsp3) is 0.500. The van der Waals surface area contributed by atoms with Gasteiger partial charge in [-0.15, -0.1) is 0 Å². The van der Waals surface area contributed by atoms with Crippen molar-refractivity contribution in [3.63, 3.8) is 0 Å². The molecular weight excluding hydrogens is 319 g/mol. The number of rotatable bonds is 6. The Morgan fingerprint density at radius 2 is 1.96 bits per heavy atom. The topological polar surface area (TPSA) is 86.2 Å². The summed E-state index contributed by atoms with van der Waals surface area (Å²) in [7, 11) is 5.04. The molecule has 1 fully saturated rings. The van der Waals surface area contributed by atoms with Gasteiger partial charge >= 0.3 is 0 Å². The van der Waals surface area contributed by atoms with Crippen molar-refractivity contribution in [2.45, 2.75) is 30.0 Å². The van der Waals surface area contributed by atoms with Crippen molar-refractivity contribution in [2.75, 3.05) is 20.8 Å². The molecule has 1 aliphatic heterocycles. The standard InChI is InChI=1S/C14H19BN2O5S/c1-9-4-6-10(7-5-9)23(18,19)17-16-12-13(21-3)11(8-20-2)22-14(12)15/h4-7,11,13-14,17H,8H2,1-3H3/b16-12+/t11-,13?,14-/m1/s1. The van der Waals surface area contributed by atoms with Gasteiger partial charge in [0.2, 0.25) is 0 Å². The summed E-state index contributed by atoms with van der Waals surface area (Å²) in [5, 5.41) is 3.91. The van der Waals surface area contributed by atoms with Crippen LogP contribution in [0.3, 0.4) is 0 Å². The van der Waals surface area contributed by atoms with Gasteiger partial charge in [-0.1, -0.05) is 17.7 Å². The minimum absolute atomic E-state index is 0.113. The number of hydrogen-bond donors (Lipinski definition) is 1. The summed E-state index contributed by atoms with van der Waals surface area (Å²) < 4.78 is 40.3. The van der Waals surface area contributed by atoms with Crippen molar-refractivity contribution in [2.24, 2.45) is 5.10 Å². The predicted molar refractivity (Wildman–Crippen MR) is 86.0 cm³/mol. The highest BCUT2D eigenvalue weighted by Gasteiger charge is 2.39. The molecule has 2 rings (SSSR count). The smallest absolute Gasteiger partial charge is 0.276 e. The Labute approximate surface area is 137 Å². The Morgan fingerprint density at radius 3 is 2.52 bits per heavy atom. The Bertz CT molecular complexity index is 662. The molecule has 3 atom stereocenters. The number of ether oxygens (including phenoxy) is 3. The number of nitrogens with zero attached hydrogens (tertiary/aromatic N) is 1. The summed E-state index contributed by atoms with van der Waals surface area (Å²) in [6, 6.07) is 5.56. The monoisotopic (exact) mass is 338 g/mol. The van der Waals surface area contributed by atoms with Gasteiger partial charge in [-0.05, 0) is 19.1 Å². The fourth-order valence-corrected chi connectivity index (χ4v) is 3.08. The first kappa shape index (κ1) is 17.9. The third-order valence-electron chi connectivity index (χ3n) is 3.45. The van der Waals surface area contributed by atoms with E-state index in [0.29, 0.717) is 0 Å². The van der Waals surface area contributed by atoms with Gasteiger partial charge in [0, 0.05) is 14.2 Å². The van der Waals surface area contributed by atoms with Crippen molar-refractivity contribution < 1.29 is 22.6 Å². The molecule has 0 bridgehead atoms. The Balaban J connectivity index is 2.19. The van der Waals surface area contributed by atoms with Gasteiger partial charge in [0.05, 0.1) is 23.2 Å². The highest BCUT2D eigenvalue weighted by Crippen LogP contribution is 2.20. The number of sulfonamides is 1. The largest absolute Gasteiger partial charge is 0.382 e. The van der Waals surface area contributed by atoms with E-state index in [-0.39, 0.29) is 17.2 Å². The molecule has 1 unspecified atom stereocenters. The average molecular weight is 338 g/mol. The van der Waals surface area contributed by atoms with Crippen molar-refractivity contribution in [1.29, 1.82) is 0 Å². The van der Waals surface area contributed by atoms with Crippen molar-refractivity contribution in [1.82, 2.24) is 4.83 Å². The van der Waals surface area contributed by atoms with E-state index in [1.807, 2.05) is 6.92 Å². The van der Waals surface area contributed by atoms with E-state index >= 15 is 0 Å². The van der Waals surface area contributed by atoms with Gasteiger partial charge in [0.25, 0.3) is 10.0 Å². The zero-order valence-corrected chi connectivity index (χ0v) is 14.0. The van der Waals surface area contributed by atoms with E-state index in [1.54, 1.807) is 12.1 Å². The molecule has 23 heavy (non-hydrogen) atoms. The van der Waals surface area contributed by atoms with Crippen LogP contribution in [0.5, 0.6) is 0 Å². The lowest BCUT2D eigenvalue weighted by atomic mass is 9.94. The highest BCUT2D eigenvalue weighted by atomic mass is 32.2. The fourth-order valence-electron chi connectivity index (χ4n) is 2.26. The number of hydrazone groups is 1. The summed E-state index contributed by atoms with van der Waals surface area (Å²) in [6.07, 6.45) is -1.02. The Hall–Kier alpha value is -1.42. The quantitative estimate of drug-likeness (QED) is 0.591. The van der Waals surface area contributed by atoms with Gasteiger partial charge in [-0.25, -0.2) is 0 Å². The number of methoxy groups -OCH3 is 2. The summed E-state index contributed by atoms with van der Waals surface area (Å²) in [6.45, 7) is 2.13. The molecular formula is C14H19BN2O5S. The maximum Gasteiger partial charge on any atom is 0.276 e. The van der Waals surface area contributed by atoms with Crippen LogP contribution in [-0.4, -0.2) is 61.0 Å². The first-order valence-corrected chi connectivity index (χ1v) is 8.46. The Kier molecular flexibility index (Phi) is 5.80. The molecule has 0 aromatic heterocycles. The normalized spacial score (nSPS) is 26.6. The van der Waals surface area contributed by atoms with E-state index in [0.717, 1.165) is 5.56 Å². The second-order valence-electron chi connectivity index (χ2n) is 5.15. The average Bonchev–Trinajstić information content (AvgIpc) is 2.81. The summed E-state index contributed by atoms with van der Waals surface area (Å²) in [5.41, 5.74) is 1.23. The molecule has 0 saturated carbocycles. The van der Waals surface area contributed by atoms with Crippen LogP contribution in [0.4, 0.5) is 0 Å². The van der Waals surface area contributed by atoms with Crippen molar-refractivity contribution in [3.8, 4) is 0 Å². The van der Waals surface area contributed by atoms with Crippen LogP contribution in [0.15, 0.2) is 34.3 Å². The van der Waals surface area contributed by atoms with Crippen LogP contribution in [0.1, 0.15) is 5.56 Å². The maximum atomic E-state index is 12.2. The molecule has 9 heteroatoms. The Morgan fingerprint density at radius 1 is 1.30 bits per heavy atom. The van der Waals surface area contributed by atoms with E-state index in [1.165, 1.54) is 26.4 Å². The van der Waals surface area contributed by atoms with Gasteiger partial charge < -0.3 is 14.2 Å². The molecule has 1 N–H and O–H groups in total. The van der Waals surface area contributed by atoms with E-state index < -0.39 is 28.2 Å². The summed E-state index contributed by atoms with van der Waals surface area (Å²) in [5.74, 6) is 0. The van der Waals surface area contributed by atoms with Crippen LogP contribution < -0.4 is 4.83 Å². The maximum absolute atomic E-state index is 12.2. The molecule has 7 nitrogen and oxygen atoms in total. The molecule has 1 saturated heterocycles. The first-order valence-electron chi connectivity index (χ1n) is 6.97. The van der Waals surface area contributed by atoms with Gasteiger partial charge in [0.1, 0.15) is 20.1 Å². The summed E-state index contributed by atoms with van der Waals surface area (Å²) >= 11 is 0. The minimum atomic E-state index is -3.78. The van der Waals surface area contributed by atoms with Crippen molar-refractivity contribution in [3.05, 3.63) is 29.8 Å². The van der Waals surface area contributed by atoms with Crippen molar-refractivity contribution >= 4 is 23.6 Å². The zero-order valence-electron chi connectivity index (χ0n) is 13.2. The number of hydrogen-bond acceptors (Lipinski definition) is 6.